The lowest BCUT2D eigenvalue weighted by molar-refractivity contribution is -0.273. The summed E-state index contributed by atoms with van der Waals surface area (Å²) in [6.07, 6.45) is 13.3. The lowest BCUT2D eigenvalue weighted by Gasteiger charge is -2.63. The normalized spacial score (nSPS) is 60.7. The number of fused-ring (bicyclic) bond motifs is 7. The van der Waals surface area contributed by atoms with Crippen LogP contribution in [0.1, 0.15) is 92.4 Å². The lowest BCUT2D eigenvalue weighted by atomic mass is 9.41. The summed E-state index contributed by atoms with van der Waals surface area (Å²) in [6.45, 7) is 13.4. The molecule has 2 saturated heterocycles. The van der Waals surface area contributed by atoms with E-state index in [9.17, 15) is 5.11 Å². The standard InChI is InChI=1S/C28H44O3/c1-17-6-13-28(30-16-17)18(2)24-21(31-28)15-23-26(4)10-7-19-14-20(29)8-11-25(19,3)22(26)9-12-27(23,24)5/h7,17-18,20-24,29H,6,8-16H2,1-5H3. The Morgan fingerprint density at radius 2 is 1.77 bits per heavy atom. The van der Waals surface area contributed by atoms with Crippen molar-refractivity contribution >= 4 is 0 Å². The first-order valence-corrected chi connectivity index (χ1v) is 13.3. The van der Waals surface area contributed by atoms with E-state index in [0.29, 0.717) is 40.1 Å². The van der Waals surface area contributed by atoms with E-state index in [0.717, 1.165) is 37.7 Å². The fourth-order valence-corrected chi connectivity index (χ4v) is 10.3. The highest BCUT2D eigenvalue weighted by Crippen LogP contribution is 2.74. The van der Waals surface area contributed by atoms with Crippen LogP contribution in [0.2, 0.25) is 0 Å². The highest BCUT2D eigenvalue weighted by atomic mass is 16.7. The summed E-state index contributed by atoms with van der Waals surface area (Å²) >= 11 is 0. The average molecular weight is 429 g/mol. The van der Waals surface area contributed by atoms with Gasteiger partial charge in [-0.3, -0.25) is 0 Å². The Kier molecular flexibility index (Phi) is 4.51. The summed E-state index contributed by atoms with van der Waals surface area (Å²) in [5.74, 6) is 2.97. The summed E-state index contributed by atoms with van der Waals surface area (Å²) in [5, 5.41) is 10.3. The van der Waals surface area contributed by atoms with Crippen LogP contribution in [0, 0.1) is 45.8 Å². The Bertz CT molecular complexity index is 781. The number of ether oxygens (including phenoxy) is 2. The smallest absolute Gasteiger partial charge is 0.171 e. The fourth-order valence-electron chi connectivity index (χ4n) is 10.3. The Morgan fingerprint density at radius 1 is 0.968 bits per heavy atom. The average Bonchev–Trinajstić information content (AvgIpc) is 3.17. The first kappa shape index (κ1) is 21.2. The molecule has 5 fully saturated rings. The van der Waals surface area contributed by atoms with Crippen molar-refractivity contribution in [1.29, 1.82) is 0 Å². The molecule has 2 heterocycles. The van der Waals surface area contributed by atoms with Crippen LogP contribution < -0.4 is 0 Å². The van der Waals surface area contributed by atoms with Gasteiger partial charge in [0.1, 0.15) is 0 Å². The monoisotopic (exact) mass is 428 g/mol. The van der Waals surface area contributed by atoms with Gasteiger partial charge in [-0.15, -0.1) is 0 Å². The molecule has 3 heteroatoms. The Balaban J connectivity index is 1.32. The minimum Gasteiger partial charge on any atom is -0.393 e. The maximum absolute atomic E-state index is 10.3. The first-order chi connectivity index (χ1) is 14.6. The molecule has 0 radical (unpaired) electrons. The first-order valence-electron chi connectivity index (χ1n) is 13.3. The van der Waals surface area contributed by atoms with Gasteiger partial charge in [-0.05, 0) is 91.3 Å². The molecule has 0 aromatic heterocycles. The molecule has 3 saturated carbocycles. The van der Waals surface area contributed by atoms with Gasteiger partial charge in [-0.1, -0.05) is 46.3 Å². The third-order valence-electron chi connectivity index (χ3n) is 11.9. The molecule has 1 N–H and O–H groups in total. The van der Waals surface area contributed by atoms with Crippen LogP contribution in [0.3, 0.4) is 0 Å². The van der Waals surface area contributed by atoms with Crippen molar-refractivity contribution in [3.8, 4) is 0 Å². The molecule has 31 heavy (non-hydrogen) atoms. The quantitative estimate of drug-likeness (QED) is 0.474. The SMILES string of the molecule is CC1CCC2(OC1)OC1CC3C(C)(CCC4C5(C)CCC(O)CC5=CCC43C)C1C2C. The van der Waals surface area contributed by atoms with E-state index in [1.54, 1.807) is 5.57 Å². The molecule has 11 atom stereocenters. The number of hydrogen-bond donors (Lipinski definition) is 1. The van der Waals surface area contributed by atoms with E-state index >= 15 is 0 Å². The third-order valence-corrected chi connectivity index (χ3v) is 11.9. The van der Waals surface area contributed by atoms with Crippen molar-refractivity contribution in [1.82, 2.24) is 0 Å². The fraction of sp³-hybridized carbons (Fsp3) is 0.929. The van der Waals surface area contributed by atoms with Crippen LogP contribution in [-0.4, -0.2) is 29.7 Å². The van der Waals surface area contributed by atoms with Crippen LogP contribution in [0.5, 0.6) is 0 Å². The minimum absolute atomic E-state index is 0.118. The molecular weight excluding hydrogens is 384 g/mol. The van der Waals surface area contributed by atoms with E-state index in [2.05, 4.69) is 40.7 Å². The molecule has 2 aliphatic heterocycles. The third kappa shape index (κ3) is 2.63. The van der Waals surface area contributed by atoms with E-state index < -0.39 is 0 Å². The number of rotatable bonds is 0. The summed E-state index contributed by atoms with van der Waals surface area (Å²) in [6, 6.07) is 0. The van der Waals surface area contributed by atoms with Crippen molar-refractivity contribution in [2.75, 3.05) is 6.61 Å². The second kappa shape index (κ2) is 6.60. The molecule has 4 aliphatic carbocycles. The summed E-state index contributed by atoms with van der Waals surface area (Å²) in [4.78, 5) is 0. The predicted octanol–water partition coefficient (Wildman–Crippen LogP) is 6.10. The summed E-state index contributed by atoms with van der Waals surface area (Å²) in [5.41, 5.74) is 2.59. The maximum atomic E-state index is 10.3. The van der Waals surface area contributed by atoms with Gasteiger partial charge in [0.05, 0.1) is 18.8 Å². The molecule has 1 spiro atoms. The second-order valence-corrected chi connectivity index (χ2v) is 13.4. The van der Waals surface area contributed by atoms with Gasteiger partial charge in [0.25, 0.3) is 0 Å². The van der Waals surface area contributed by atoms with E-state index in [1.165, 1.54) is 38.5 Å². The zero-order valence-corrected chi connectivity index (χ0v) is 20.5. The molecule has 0 amide bonds. The molecule has 6 rings (SSSR count). The molecule has 3 nitrogen and oxygen atoms in total. The van der Waals surface area contributed by atoms with Crippen molar-refractivity contribution in [2.24, 2.45) is 45.8 Å². The van der Waals surface area contributed by atoms with E-state index in [1.807, 2.05) is 0 Å². The number of hydrogen-bond acceptors (Lipinski definition) is 3. The van der Waals surface area contributed by atoms with Crippen LogP contribution >= 0.6 is 0 Å². The van der Waals surface area contributed by atoms with Gasteiger partial charge in [0.15, 0.2) is 5.79 Å². The molecule has 174 valence electrons. The highest BCUT2D eigenvalue weighted by molar-refractivity contribution is 5.29. The van der Waals surface area contributed by atoms with Gasteiger partial charge in [0.2, 0.25) is 0 Å². The van der Waals surface area contributed by atoms with Crippen LogP contribution in [-0.2, 0) is 9.47 Å². The van der Waals surface area contributed by atoms with E-state index in [-0.39, 0.29) is 11.9 Å². The zero-order valence-electron chi connectivity index (χ0n) is 20.5. The highest BCUT2D eigenvalue weighted by Gasteiger charge is 2.71. The van der Waals surface area contributed by atoms with Crippen molar-refractivity contribution in [2.45, 2.75) is 110 Å². The van der Waals surface area contributed by atoms with Crippen LogP contribution in [0.4, 0.5) is 0 Å². The molecule has 6 aliphatic rings. The van der Waals surface area contributed by atoms with Gasteiger partial charge in [-0.2, -0.15) is 0 Å². The Labute approximate surface area is 189 Å². The number of allylic oxidation sites excluding steroid dienone is 1. The molecule has 0 bridgehead atoms. The van der Waals surface area contributed by atoms with Crippen molar-refractivity contribution in [3.63, 3.8) is 0 Å². The second-order valence-electron chi connectivity index (χ2n) is 13.4. The Morgan fingerprint density at radius 3 is 2.52 bits per heavy atom. The van der Waals surface area contributed by atoms with Gasteiger partial charge >= 0.3 is 0 Å². The van der Waals surface area contributed by atoms with Crippen LogP contribution in [0.15, 0.2) is 11.6 Å². The lowest BCUT2D eigenvalue weighted by Crippen LogP contribution is -2.57. The largest absolute Gasteiger partial charge is 0.393 e. The van der Waals surface area contributed by atoms with Crippen molar-refractivity contribution < 1.29 is 14.6 Å². The topological polar surface area (TPSA) is 38.7 Å². The van der Waals surface area contributed by atoms with E-state index in [4.69, 9.17) is 9.47 Å². The summed E-state index contributed by atoms with van der Waals surface area (Å²) in [7, 11) is 0. The Hall–Kier alpha value is -0.380. The maximum Gasteiger partial charge on any atom is 0.171 e. The molecular formula is C28H44O3. The number of aliphatic hydroxyl groups is 1. The zero-order chi connectivity index (χ0) is 21.8. The summed E-state index contributed by atoms with van der Waals surface area (Å²) < 4.78 is 13.4. The van der Waals surface area contributed by atoms with Gasteiger partial charge in [-0.25, -0.2) is 0 Å². The molecule has 0 aromatic rings. The molecule has 11 unspecified atom stereocenters. The van der Waals surface area contributed by atoms with Gasteiger partial charge < -0.3 is 14.6 Å². The van der Waals surface area contributed by atoms with Crippen molar-refractivity contribution in [3.05, 3.63) is 11.6 Å². The number of aliphatic hydroxyl groups excluding tert-OH is 1. The minimum atomic E-state index is -0.307. The predicted molar refractivity (Wildman–Crippen MR) is 122 cm³/mol. The van der Waals surface area contributed by atoms with Crippen LogP contribution in [0.25, 0.3) is 0 Å². The molecule has 0 aromatic carbocycles. The van der Waals surface area contributed by atoms with Gasteiger partial charge in [0, 0.05) is 12.3 Å².